The second-order valence-electron chi connectivity index (χ2n) is 13.1. The van der Waals surface area contributed by atoms with Crippen molar-refractivity contribution in [3.63, 3.8) is 0 Å². The number of benzene rings is 8. The minimum absolute atomic E-state index is 0. The van der Waals surface area contributed by atoms with Crippen LogP contribution >= 0.6 is 50.4 Å². The molecule has 0 unspecified atom stereocenters. The molecular formula is C46H42Cl2O6P4Ru+2. The summed E-state index contributed by atoms with van der Waals surface area (Å²) in [7, 11) is -3.89. The predicted molar refractivity (Wildman–Crippen MR) is 255 cm³/mol. The fraction of sp³-hybridized carbons (Fsp3) is 0. The molecule has 0 radical (unpaired) electrons. The fourth-order valence-electron chi connectivity index (χ4n) is 7.50. The Labute approximate surface area is 363 Å². The maximum atomic E-state index is 13.5. The van der Waals surface area contributed by atoms with Crippen molar-refractivity contribution in [3.05, 3.63) is 197 Å². The van der Waals surface area contributed by atoms with Gasteiger partial charge in [-0.2, -0.15) is 0 Å². The third-order valence-corrected chi connectivity index (χ3v) is 17.2. The van der Waals surface area contributed by atoms with E-state index in [9.17, 15) is 28.7 Å². The van der Waals surface area contributed by atoms with Gasteiger partial charge in [0.25, 0.3) is 0 Å². The van der Waals surface area contributed by atoms with E-state index in [1.165, 1.54) is 0 Å². The number of hydrogen-bond donors (Lipinski definition) is 4. The van der Waals surface area contributed by atoms with Gasteiger partial charge in [0.05, 0.1) is 26.5 Å². The van der Waals surface area contributed by atoms with E-state index in [0.717, 1.165) is 43.0 Å². The summed E-state index contributed by atoms with van der Waals surface area (Å²) in [6.07, 6.45) is 0. The van der Waals surface area contributed by atoms with Gasteiger partial charge in [0.15, 0.2) is 0 Å². The Morgan fingerprint density at radius 2 is 0.610 bits per heavy atom. The Morgan fingerprint density at radius 3 is 0.847 bits per heavy atom. The number of hydrogen-bond acceptors (Lipinski definition) is 2. The van der Waals surface area contributed by atoms with Crippen LogP contribution < -0.4 is 42.4 Å². The Kier molecular flexibility index (Phi) is 16.2. The number of rotatable bonds is 9. The molecule has 8 aromatic rings. The average Bonchev–Trinajstić information content (AvgIpc) is 3.22. The van der Waals surface area contributed by atoms with Crippen molar-refractivity contribution in [2.45, 2.75) is 0 Å². The molecule has 0 aliphatic carbocycles. The molecule has 0 saturated heterocycles. The third kappa shape index (κ3) is 10.1. The number of fused-ring (bicyclic) bond motifs is 2. The van der Waals surface area contributed by atoms with Gasteiger partial charge < -0.3 is 34.4 Å². The second-order valence-corrected chi connectivity index (χ2v) is 23.7. The predicted octanol–water partition coefficient (Wildman–Crippen LogP) is 8.52. The van der Waals surface area contributed by atoms with Crippen LogP contribution in [0.25, 0.3) is 32.7 Å². The molecule has 4 N–H and O–H groups in total. The zero-order chi connectivity index (χ0) is 40.2. The van der Waals surface area contributed by atoms with E-state index < -0.39 is 31.0 Å². The van der Waals surface area contributed by atoms with Crippen molar-refractivity contribution in [2.24, 2.45) is 0 Å². The van der Waals surface area contributed by atoms with E-state index in [1.54, 1.807) is 36.4 Å². The zero-order valence-corrected chi connectivity index (χ0v) is 39.0. The van der Waals surface area contributed by atoms with Crippen molar-refractivity contribution in [2.75, 3.05) is 0 Å². The van der Waals surface area contributed by atoms with Gasteiger partial charge in [0, 0.05) is 11.1 Å². The summed E-state index contributed by atoms with van der Waals surface area (Å²) in [6.45, 7) is 0. The van der Waals surface area contributed by atoms with Gasteiger partial charge in [-0.25, -0.2) is 0 Å². The van der Waals surface area contributed by atoms with Crippen LogP contribution in [0.1, 0.15) is 0 Å². The quantitative estimate of drug-likeness (QED) is 0.0656. The van der Waals surface area contributed by atoms with Crippen LogP contribution in [-0.4, -0.2) is 19.6 Å². The standard InChI is InChI=1S/C44H34O6P4.2CH3.2ClH.Ru/c45-53(46,47)41-29-39(51(31-17-5-1-6-18-31)32-19-7-2-8-20-32)43(37-27-15-13-25-35(37)41)44-38-28-16-14-26-36(38)42(54(48,49)50)30-40(44)52(33-21-9-3-10-22-33)34-23-11-4-12-24-34;;;;;/h1-30H,(H2,45,46,47)(H2,48,49,50);2*1H3;2*1H;/q;2*-1;;;+4. The summed E-state index contributed by atoms with van der Waals surface area (Å²) in [5, 5.41) is 7.69. The molecule has 0 aliphatic rings. The van der Waals surface area contributed by atoms with Gasteiger partial charge in [-0.3, -0.25) is 9.13 Å². The normalized spacial score (nSPS) is 11.5. The molecule has 0 heterocycles. The van der Waals surface area contributed by atoms with E-state index in [4.69, 9.17) is 19.4 Å². The summed E-state index contributed by atoms with van der Waals surface area (Å²) in [5.41, 5.74) is 1.59. The molecule has 0 fully saturated rings. The summed E-state index contributed by atoms with van der Waals surface area (Å²) in [6, 6.07) is 58.3. The molecule has 0 saturated carbocycles. The molecule has 0 amide bonds. The molecule has 13 heteroatoms. The molecule has 8 aromatic carbocycles. The van der Waals surface area contributed by atoms with Crippen molar-refractivity contribution < 1.29 is 43.8 Å². The topological polar surface area (TPSA) is 115 Å². The van der Waals surface area contributed by atoms with Crippen molar-refractivity contribution in [1.82, 2.24) is 0 Å². The van der Waals surface area contributed by atoms with Gasteiger partial charge in [-0.05, 0) is 82.2 Å². The summed E-state index contributed by atoms with van der Waals surface area (Å²) in [5.74, 6) is 0. The Hall–Kier alpha value is -3.36. The van der Waals surface area contributed by atoms with Gasteiger partial charge >= 0.3 is 49.7 Å². The first-order valence-electron chi connectivity index (χ1n) is 17.6. The van der Waals surface area contributed by atoms with Crippen molar-refractivity contribution in [1.29, 1.82) is 0 Å². The van der Waals surface area contributed by atoms with E-state index in [2.05, 4.69) is 48.5 Å². The van der Waals surface area contributed by atoms with Crippen LogP contribution in [0.5, 0.6) is 0 Å². The summed E-state index contributed by atoms with van der Waals surface area (Å²) < 4.78 is 27.0. The molecule has 0 atom stereocenters. The van der Waals surface area contributed by atoms with Crippen molar-refractivity contribution >= 4 is 114 Å². The van der Waals surface area contributed by atoms with Crippen LogP contribution in [0.15, 0.2) is 182 Å². The molecule has 0 spiro atoms. The monoisotopic (exact) mass is 986 g/mol. The first-order chi connectivity index (χ1) is 27.5. The van der Waals surface area contributed by atoms with E-state index in [-0.39, 0.29) is 40.6 Å². The van der Waals surface area contributed by atoms with Crippen molar-refractivity contribution in [3.8, 4) is 11.1 Å². The molecule has 59 heavy (non-hydrogen) atoms. The summed E-state index contributed by atoms with van der Waals surface area (Å²) in [4.78, 5) is 43.9. The SMILES string of the molecule is O=P(O)(O)c1cc([PH+](c2ccccc2)c2ccccc2)c(-c2c([PH+](c3ccccc3)c3ccccc3)cc(P(=O)(O)O)c3ccccc23)c2ccccc12.[CH3-].[CH3-].[Cl][Ru+2][Cl]. The Balaban J connectivity index is 0.00000128. The van der Waals surface area contributed by atoms with Gasteiger partial charge in [-0.1, -0.05) is 121 Å². The fourth-order valence-corrected chi connectivity index (χ4v) is 15.0. The van der Waals surface area contributed by atoms with Crippen LogP contribution in [0.4, 0.5) is 0 Å². The second kappa shape index (κ2) is 20.5. The van der Waals surface area contributed by atoms with Crippen LogP contribution in [0, 0.1) is 14.9 Å². The van der Waals surface area contributed by atoms with Gasteiger partial charge in [0.2, 0.25) is 0 Å². The Bertz CT molecular complexity index is 2490. The zero-order valence-electron chi connectivity index (χ0n) is 31.9. The molecule has 6 nitrogen and oxygen atoms in total. The molecule has 0 bridgehead atoms. The van der Waals surface area contributed by atoms with Gasteiger partial charge in [0.1, 0.15) is 31.8 Å². The van der Waals surface area contributed by atoms with Crippen LogP contribution in [0.2, 0.25) is 0 Å². The first-order valence-corrected chi connectivity index (χ1v) is 28.3. The Morgan fingerprint density at radius 1 is 0.390 bits per heavy atom. The van der Waals surface area contributed by atoms with E-state index >= 15 is 0 Å². The number of halogens is 2. The van der Waals surface area contributed by atoms with E-state index in [1.807, 2.05) is 97.1 Å². The van der Waals surface area contributed by atoms with E-state index in [0.29, 0.717) is 21.5 Å². The first kappa shape index (κ1) is 46.7. The molecular weight excluding hydrogens is 944 g/mol. The maximum absolute atomic E-state index is 13.5. The average molecular weight is 987 g/mol. The molecule has 0 aromatic heterocycles. The van der Waals surface area contributed by atoms with Crippen LogP contribution in [-0.2, 0) is 24.3 Å². The molecule has 0 aliphatic heterocycles. The molecule has 302 valence electrons. The third-order valence-electron chi connectivity index (χ3n) is 9.71. The summed E-state index contributed by atoms with van der Waals surface area (Å²) >= 11 is -0.346. The van der Waals surface area contributed by atoms with Gasteiger partial charge in [-0.15, -0.1) is 0 Å². The minimum atomic E-state index is -4.81. The van der Waals surface area contributed by atoms with Crippen LogP contribution in [0.3, 0.4) is 0 Å². The molecule has 8 rings (SSSR count).